The Balaban J connectivity index is 3.68. The van der Waals surface area contributed by atoms with Crippen LogP contribution in [0, 0.1) is 0 Å². The minimum atomic E-state index is 0.0761. The van der Waals surface area contributed by atoms with E-state index in [2.05, 4.69) is 9.78 Å². The Labute approximate surface area is 72.4 Å². The van der Waals surface area contributed by atoms with Crippen molar-refractivity contribution in [3.8, 4) is 0 Å². The van der Waals surface area contributed by atoms with Crippen LogP contribution in [0.3, 0.4) is 0 Å². The van der Waals surface area contributed by atoms with Crippen LogP contribution < -0.4 is 0 Å². The normalized spacial score (nSPS) is 13.8. The fraction of sp³-hybridized carbons (Fsp3) is 1.00. The first-order chi connectivity index (χ1) is 5.76. The average molecular weight is 179 g/mol. The minimum absolute atomic E-state index is 0.0761. The maximum atomic E-state index is 8.25. The molecule has 1 unspecified atom stereocenters. The van der Waals surface area contributed by atoms with Gasteiger partial charge in [0.15, 0.2) is 0 Å². The lowest BCUT2D eigenvalue weighted by atomic mass is 10.2. The molecule has 0 spiro atoms. The van der Waals surface area contributed by atoms with E-state index < -0.39 is 0 Å². The third-order valence-electron chi connectivity index (χ3n) is 1.93. The van der Waals surface area contributed by atoms with E-state index in [1.165, 1.54) is 0 Å². The molecule has 5 nitrogen and oxygen atoms in total. The molecule has 74 valence electrons. The van der Waals surface area contributed by atoms with E-state index in [-0.39, 0.29) is 19.3 Å². The maximum absolute atomic E-state index is 8.25. The van der Waals surface area contributed by atoms with Crippen LogP contribution in [-0.4, -0.2) is 48.3 Å². The Hall–Kier alpha value is -0.200. The first kappa shape index (κ1) is 11.8. The number of nitrogens with zero attached hydrogens (tertiary/aromatic N) is 1. The molecule has 0 aliphatic carbocycles. The van der Waals surface area contributed by atoms with Gasteiger partial charge in [-0.25, -0.2) is 9.78 Å². The number of hydrogen-bond acceptors (Lipinski definition) is 5. The summed E-state index contributed by atoms with van der Waals surface area (Å²) in [5, 5.41) is 16.4. The van der Waals surface area contributed by atoms with Crippen molar-refractivity contribution in [3.63, 3.8) is 0 Å². The van der Waals surface area contributed by atoms with Crippen LogP contribution in [0.15, 0.2) is 0 Å². The lowest BCUT2D eigenvalue weighted by molar-refractivity contribution is -0.262. The quantitative estimate of drug-likeness (QED) is 0.444. The molecule has 0 aromatic heterocycles. The molecule has 1 atom stereocenters. The fourth-order valence-electron chi connectivity index (χ4n) is 0.964. The predicted octanol–water partition coefficient (Wildman–Crippen LogP) is 0.676. The topological polar surface area (TPSA) is 62.2 Å². The van der Waals surface area contributed by atoms with Crippen LogP contribution in [0.4, 0.5) is 0 Å². The van der Waals surface area contributed by atoms with Crippen LogP contribution in [-0.2, 0) is 9.78 Å². The summed E-state index contributed by atoms with van der Waals surface area (Å²) in [5.74, 6) is 0. The molecule has 12 heavy (non-hydrogen) atoms. The fourth-order valence-corrected chi connectivity index (χ4v) is 0.964. The van der Waals surface area contributed by atoms with E-state index in [0.29, 0.717) is 6.42 Å². The zero-order valence-electron chi connectivity index (χ0n) is 7.56. The predicted molar refractivity (Wildman–Crippen MR) is 43.9 cm³/mol. The van der Waals surface area contributed by atoms with Gasteiger partial charge in [-0.05, 0) is 20.0 Å². The Morgan fingerprint density at radius 3 is 2.42 bits per heavy atom. The second-order valence-corrected chi connectivity index (χ2v) is 2.64. The molecule has 0 saturated carbocycles. The molecule has 2 N–H and O–H groups in total. The standard InChI is InChI=1S/C7H17NO4/c1-3-8(2)7(6-12-10)4-5-11-9/h7,9-10H,3-6H2,1-2H3. The SMILES string of the molecule is CCN(C)C(CCOO)COO. The van der Waals surface area contributed by atoms with Crippen molar-refractivity contribution in [2.45, 2.75) is 19.4 Å². The van der Waals surface area contributed by atoms with E-state index in [1.807, 2.05) is 18.9 Å². The largest absolute Gasteiger partial charge is 0.301 e. The molecule has 0 aromatic rings. The Bertz CT molecular complexity index is 101. The first-order valence-electron chi connectivity index (χ1n) is 3.99. The van der Waals surface area contributed by atoms with Gasteiger partial charge in [-0.15, -0.1) is 0 Å². The molecule has 0 amide bonds. The second-order valence-electron chi connectivity index (χ2n) is 2.64. The van der Waals surface area contributed by atoms with Crippen molar-refractivity contribution >= 4 is 0 Å². The summed E-state index contributed by atoms with van der Waals surface area (Å²) in [5.41, 5.74) is 0. The molecule has 0 saturated heterocycles. The zero-order chi connectivity index (χ0) is 9.40. The third-order valence-corrected chi connectivity index (χ3v) is 1.93. The van der Waals surface area contributed by atoms with Crippen molar-refractivity contribution in [1.29, 1.82) is 0 Å². The molecule has 0 radical (unpaired) electrons. The Morgan fingerprint density at radius 1 is 1.33 bits per heavy atom. The van der Waals surface area contributed by atoms with E-state index in [0.717, 1.165) is 6.54 Å². The van der Waals surface area contributed by atoms with E-state index in [4.69, 9.17) is 10.5 Å². The highest BCUT2D eigenvalue weighted by atomic mass is 17.1. The molecule has 0 bridgehead atoms. The summed E-state index contributed by atoms with van der Waals surface area (Å²) in [6.45, 7) is 3.34. The van der Waals surface area contributed by atoms with Gasteiger partial charge in [0.05, 0.1) is 13.2 Å². The van der Waals surface area contributed by atoms with Gasteiger partial charge in [-0.1, -0.05) is 6.92 Å². The smallest absolute Gasteiger partial charge is 0.0975 e. The molecule has 0 aromatic carbocycles. The van der Waals surface area contributed by atoms with Gasteiger partial charge in [0.1, 0.15) is 0 Å². The van der Waals surface area contributed by atoms with Gasteiger partial charge < -0.3 is 4.90 Å². The van der Waals surface area contributed by atoms with E-state index >= 15 is 0 Å². The van der Waals surface area contributed by atoms with Crippen molar-refractivity contribution in [2.75, 3.05) is 26.8 Å². The molecular formula is C7H17NO4. The lowest BCUT2D eigenvalue weighted by Crippen LogP contribution is -2.36. The average Bonchev–Trinajstić information content (AvgIpc) is 2.11. The number of hydrogen-bond donors (Lipinski definition) is 2. The van der Waals surface area contributed by atoms with Gasteiger partial charge in [0.25, 0.3) is 0 Å². The highest BCUT2D eigenvalue weighted by Gasteiger charge is 2.13. The van der Waals surface area contributed by atoms with E-state index in [1.54, 1.807) is 0 Å². The van der Waals surface area contributed by atoms with Crippen LogP contribution in [0.2, 0.25) is 0 Å². The number of rotatable bonds is 7. The first-order valence-corrected chi connectivity index (χ1v) is 3.99. The summed E-state index contributed by atoms with van der Waals surface area (Å²) in [6.07, 6.45) is 0.626. The summed E-state index contributed by atoms with van der Waals surface area (Å²) in [6, 6.07) is 0.0761. The van der Waals surface area contributed by atoms with Crippen LogP contribution >= 0.6 is 0 Å². The molecule has 0 fully saturated rings. The van der Waals surface area contributed by atoms with Gasteiger partial charge in [-0.3, -0.25) is 10.5 Å². The van der Waals surface area contributed by atoms with Crippen molar-refractivity contribution in [2.24, 2.45) is 0 Å². The highest BCUT2D eigenvalue weighted by Crippen LogP contribution is 2.01. The molecular weight excluding hydrogens is 162 g/mol. The van der Waals surface area contributed by atoms with Crippen LogP contribution in [0.1, 0.15) is 13.3 Å². The molecule has 5 heteroatoms. The Morgan fingerprint density at radius 2 is 2.00 bits per heavy atom. The summed E-state index contributed by atoms with van der Waals surface area (Å²) < 4.78 is 0. The minimum Gasteiger partial charge on any atom is -0.301 e. The zero-order valence-corrected chi connectivity index (χ0v) is 7.56. The summed E-state index contributed by atoms with van der Waals surface area (Å²) in [4.78, 5) is 10.0. The lowest BCUT2D eigenvalue weighted by Gasteiger charge is -2.24. The van der Waals surface area contributed by atoms with Crippen LogP contribution in [0.5, 0.6) is 0 Å². The highest BCUT2D eigenvalue weighted by molar-refractivity contribution is 4.65. The Kier molecular flexibility index (Phi) is 7.33. The molecule has 0 heterocycles. The summed E-state index contributed by atoms with van der Waals surface area (Å²) in [7, 11) is 1.92. The summed E-state index contributed by atoms with van der Waals surface area (Å²) >= 11 is 0. The van der Waals surface area contributed by atoms with Crippen molar-refractivity contribution in [1.82, 2.24) is 4.90 Å². The van der Waals surface area contributed by atoms with Crippen molar-refractivity contribution < 1.29 is 20.3 Å². The van der Waals surface area contributed by atoms with Crippen molar-refractivity contribution in [3.05, 3.63) is 0 Å². The molecule has 0 aliphatic rings. The maximum Gasteiger partial charge on any atom is 0.0975 e. The van der Waals surface area contributed by atoms with E-state index in [9.17, 15) is 0 Å². The van der Waals surface area contributed by atoms with Gasteiger partial charge in [-0.2, -0.15) is 0 Å². The molecule has 0 aliphatic heterocycles. The van der Waals surface area contributed by atoms with Gasteiger partial charge in [0, 0.05) is 6.04 Å². The van der Waals surface area contributed by atoms with Gasteiger partial charge >= 0.3 is 0 Å². The third kappa shape index (κ3) is 4.63. The monoisotopic (exact) mass is 179 g/mol. The van der Waals surface area contributed by atoms with Gasteiger partial charge in [0.2, 0.25) is 0 Å². The van der Waals surface area contributed by atoms with Crippen LogP contribution in [0.25, 0.3) is 0 Å². The number of likely N-dealkylation sites (N-methyl/N-ethyl adjacent to an activating group) is 1. The molecule has 0 rings (SSSR count). The second kappa shape index (κ2) is 7.45.